The first kappa shape index (κ1) is 22.3. The molecule has 0 bridgehead atoms. The average Bonchev–Trinajstić information content (AvgIpc) is 3.27. The molecule has 1 unspecified atom stereocenters. The Labute approximate surface area is 200 Å². The third-order valence-corrected chi connectivity index (χ3v) is 7.97. The summed E-state index contributed by atoms with van der Waals surface area (Å²) in [5.41, 5.74) is 13.5. The van der Waals surface area contributed by atoms with Crippen LogP contribution in [0.25, 0.3) is 5.57 Å². The quantitative estimate of drug-likeness (QED) is 0.713. The maximum atomic E-state index is 12.0. The topological polar surface area (TPSA) is 94.1 Å². The molecule has 3 aliphatic rings. The first-order chi connectivity index (χ1) is 16.1. The molecule has 2 aromatic rings. The molecular formula is C27H27N3O3S. The zero-order valence-corrected chi connectivity index (χ0v) is 20.5. The maximum absolute atomic E-state index is 12.0. The summed E-state index contributed by atoms with van der Waals surface area (Å²) < 4.78 is 29.6. The average molecular weight is 474 g/mol. The van der Waals surface area contributed by atoms with Crippen LogP contribution in [-0.2, 0) is 15.5 Å². The van der Waals surface area contributed by atoms with Crippen molar-refractivity contribution < 1.29 is 13.2 Å². The monoisotopic (exact) mass is 473 g/mol. The number of nitrogens with zero attached hydrogens (tertiary/aromatic N) is 2. The normalized spacial score (nSPS) is 22.9. The molecule has 6 nitrogen and oxygen atoms in total. The molecule has 0 amide bonds. The number of hydrogen-bond donors (Lipinski definition) is 1. The van der Waals surface area contributed by atoms with Gasteiger partial charge in [-0.15, -0.1) is 0 Å². The standard InChI is InChI=1S/C27H27N3O3S/c1-16-10-24(11-17(2)25(16)33-4)27(29-18(3)26(28)30-27)23-7-5-6-19(13-23)20-8-9-21-14-34(31,32)15-22(21)12-20/h5-8,10-14H,9,15H2,1-4H3,(H2,28,30). The van der Waals surface area contributed by atoms with Gasteiger partial charge in [0.05, 0.1) is 18.6 Å². The summed E-state index contributed by atoms with van der Waals surface area (Å²) in [5.74, 6) is 1.33. The minimum Gasteiger partial charge on any atom is -0.496 e. The predicted molar refractivity (Wildman–Crippen MR) is 137 cm³/mol. The van der Waals surface area contributed by atoms with Crippen LogP contribution in [-0.4, -0.2) is 32.8 Å². The minimum absolute atomic E-state index is 0.0675. The van der Waals surface area contributed by atoms with Gasteiger partial charge in [0.25, 0.3) is 0 Å². The van der Waals surface area contributed by atoms with Crippen LogP contribution in [0, 0.1) is 13.8 Å². The third kappa shape index (κ3) is 3.60. The summed E-state index contributed by atoms with van der Waals surface area (Å²) in [4.78, 5) is 9.83. The first-order valence-electron chi connectivity index (χ1n) is 11.1. The lowest BCUT2D eigenvalue weighted by Gasteiger charge is -2.27. The molecule has 1 atom stereocenters. The number of methoxy groups -OCH3 is 1. The second kappa shape index (κ2) is 7.81. The Balaban J connectivity index is 1.63. The summed E-state index contributed by atoms with van der Waals surface area (Å²) >= 11 is 0. The van der Waals surface area contributed by atoms with E-state index in [2.05, 4.69) is 24.3 Å². The van der Waals surface area contributed by atoms with E-state index in [1.807, 2.05) is 45.0 Å². The van der Waals surface area contributed by atoms with Crippen LogP contribution in [0.5, 0.6) is 5.75 Å². The van der Waals surface area contributed by atoms with Crippen molar-refractivity contribution in [2.75, 3.05) is 12.9 Å². The zero-order valence-electron chi connectivity index (χ0n) is 19.7. The van der Waals surface area contributed by atoms with Gasteiger partial charge < -0.3 is 10.5 Å². The smallest absolute Gasteiger partial charge is 0.204 e. The van der Waals surface area contributed by atoms with Gasteiger partial charge in [0.1, 0.15) is 11.6 Å². The molecule has 7 heteroatoms. The SMILES string of the molecule is COc1c(C)cc(C2(c3cccc(C4=CCC5=CS(=O)(=O)CC5=C4)c3)N=C(C)C(N)=N2)cc1C. The van der Waals surface area contributed by atoms with Crippen LogP contribution in [0.1, 0.15) is 41.2 Å². The van der Waals surface area contributed by atoms with Crippen LogP contribution in [0.3, 0.4) is 0 Å². The number of aryl methyl sites for hydroxylation is 2. The summed E-state index contributed by atoms with van der Waals surface area (Å²) in [7, 11) is -1.48. The van der Waals surface area contributed by atoms with Gasteiger partial charge in [0, 0.05) is 16.5 Å². The summed E-state index contributed by atoms with van der Waals surface area (Å²) in [5, 5.41) is 1.40. The molecule has 1 aliphatic carbocycles. The Morgan fingerprint density at radius 3 is 2.38 bits per heavy atom. The first-order valence-corrected chi connectivity index (χ1v) is 12.9. The molecule has 0 spiro atoms. The fraction of sp³-hybridized carbons (Fsp3) is 0.259. The van der Waals surface area contributed by atoms with Crippen LogP contribution < -0.4 is 10.5 Å². The van der Waals surface area contributed by atoms with Crippen molar-refractivity contribution in [2.45, 2.75) is 32.9 Å². The van der Waals surface area contributed by atoms with Crippen LogP contribution in [0.15, 0.2) is 75.1 Å². The van der Waals surface area contributed by atoms with Gasteiger partial charge in [-0.1, -0.05) is 30.4 Å². The second-order valence-corrected chi connectivity index (χ2v) is 10.9. The largest absolute Gasteiger partial charge is 0.496 e. The molecule has 2 aliphatic heterocycles. The van der Waals surface area contributed by atoms with Gasteiger partial charge in [0.15, 0.2) is 9.84 Å². The van der Waals surface area contributed by atoms with E-state index in [4.69, 9.17) is 20.5 Å². The van der Waals surface area contributed by atoms with E-state index < -0.39 is 15.5 Å². The van der Waals surface area contributed by atoms with E-state index in [9.17, 15) is 8.42 Å². The third-order valence-electron chi connectivity index (χ3n) is 6.61. The predicted octanol–water partition coefficient (Wildman–Crippen LogP) is 4.37. The van der Waals surface area contributed by atoms with E-state index in [1.54, 1.807) is 7.11 Å². The van der Waals surface area contributed by atoms with Gasteiger partial charge in [-0.3, -0.25) is 0 Å². The number of amidine groups is 1. The van der Waals surface area contributed by atoms with Crippen LogP contribution in [0.2, 0.25) is 0 Å². The van der Waals surface area contributed by atoms with Gasteiger partial charge >= 0.3 is 0 Å². The Morgan fingerprint density at radius 1 is 1.00 bits per heavy atom. The lowest BCUT2D eigenvalue weighted by Crippen LogP contribution is -2.23. The summed E-state index contributed by atoms with van der Waals surface area (Å²) in [6.07, 6.45) is 4.66. The van der Waals surface area contributed by atoms with Crippen molar-refractivity contribution in [1.29, 1.82) is 0 Å². The van der Waals surface area contributed by atoms with Gasteiger partial charge in [-0.05, 0) is 78.8 Å². The highest BCUT2D eigenvalue weighted by atomic mass is 32.2. The highest BCUT2D eigenvalue weighted by molar-refractivity contribution is 7.94. The van der Waals surface area contributed by atoms with Crippen LogP contribution >= 0.6 is 0 Å². The number of ether oxygens (including phenoxy) is 1. The van der Waals surface area contributed by atoms with Gasteiger partial charge in [-0.25, -0.2) is 18.4 Å². The molecule has 34 heavy (non-hydrogen) atoms. The molecule has 0 radical (unpaired) electrons. The van der Waals surface area contributed by atoms with Gasteiger partial charge in [-0.2, -0.15) is 0 Å². The van der Waals surface area contributed by atoms with Crippen molar-refractivity contribution in [3.05, 3.63) is 92.9 Å². The van der Waals surface area contributed by atoms with Crippen molar-refractivity contribution in [2.24, 2.45) is 15.7 Å². The minimum atomic E-state index is -3.15. The molecule has 0 fully saturated rings. The van der Waals surface area contributed by atoms with E-state index in [-0.39, 0.29) is 5.75 Å². The number of fused-ring (bicyclic) bond motifs is 1. The Hall–Kier alpha value is -3.45. The molecule has 2 aromatic carbocycles. The molecule has 2 heterocycles. The maximum Gasteiger partial charge on any atom is 0.204 e. The highest BCUT2D eigenvalue weighted by Gasteiger charge is 2.39. The van der Waals surface area contributed by atoms with E-state index in [0.717, 1.165) is 50.3 Å². The second-order valence-electron chi connectivity index (χ2n) is 9.07. The molecule has 0 saturated heterocycles. The fourth-order valence-electron chi connectivity index (χ4n) is 5.02. The van der Waals surface area contributed by atoms with Crippen LogP contribution in [0.4, 0.5) is 0 Å². The molecule has 174 valence electrons. The number of hydrogen-bond acceptors (Lipinski definition) is 6. The van der Waals surface area contributed by atoms with E-state index in [1.165, 1.54) is 5.41 Å². The molecule has 5 rings (SSSR count). The highest BCUT2D eigenvalue weighted by Crippen LogP contribution is 2.42. The Bertz CT molecular complexity index is 1450. The number of rotatable bonds is 4. The van der Waals surface area contributed by atoms with Crippen molar-refractivity contribution in [3.8, 4) is 5.75 Å². The number of nitrogens with two attached hydrogens (primary N) is 1. The number of allylic oxidation sites excluding steroid dienone is 4. The van der Waals surface area contributed by atoms with E-state index in [0.29, 0.717) is 18.0 Å². The number of aliphatic imine (C=N–C) groups is 2. The lowest BCUT2D eigenvalue weighted by molar-refractivity contribution is 0.408. The number of benzene rings is 2. The van der Waals surface area contributed by atoms with E-state index >= 15 is 0 Å². The molecule has 0 aromatic heterocycles. The summed E-state index contributed by atoms with van der Waals surface area (Å²) in [6.45, 7) is 5.89. The van der Waals surface area contributed by atoms with Crippen molar-refractivity contribution in [1.82, 2.24) is 0 Å². The molecular weight excluding hydrogens is 446 g/mol. The molecule has 2 N–H and O–H groups in total. The Kier molecular flexibility index (Phi) is 5.13. The van der Waals surface area contributed by atoms with Crippen molar-refractivity contribution >= 4 is 27.0 Å². The fourth-order valence-corrected chi connectivity index (χ4v) is 6.49. The van der Waals surface area contributed by atoms with Crippen molar-refractivity contribution in [3.63, 3.8) is 0 Å². The lowest BCUT2D eigenvalue weighted by atomic mass is 9.86. The number of sulfone groups is 1. The summed E-state index contributed by atoms with van der Waals surface area (Å²) in [6, 6.07) is 12.2. The van der Waals surface area contributed by atoms with Gasteiger partial charge in [0.2, 0.25) is 5.66 Å². The zero-order chi connectivity index (χ0) is 24.3. The molecule has 0 saturated carbocycles. The Morgan fingerprint density at radius 2 is 1.74 bits per heavy atom.